The molecule has 0 bridgehead atoms. The molecule has 0 aliphatic rings. The van der Waals surface area contributed by atoms with Crippen LogP contribution >= 0.6 is 11.6 Å². The van der Waals surface area contributed by atoms with Crippen molar-refractivity contribution in [1.82, 2.24) is 0 Å². The maximum atomic E-state index is 12.0. The van der Waals surface area contributed by atoms with E-state index in [1.807, 2.05) is 0 Å². The van der Waals surface area contributed by atoms with Crippen LogP contribution in [-0.2, 0) is 6.42 Å². The van der Waals surface area contributed by atoms with Crippen molar-refractivity contribution >= 4 is 17.3 Å². The molecule has 0 radical (unpaired) electrons. The third-order valence-electron chi connectivity index (χ3n) is 1.99. The molecule has 4 nitrogen and oxygen atoms in total. The minimum Gasteiger partial charge on any atom is -0.435 e. The molecule has 0 amide bonds. The van der Waals surface area contributed by atoms with Crippen molar-refractivity contribution in [3.63, 3.8) is 0 Å². The fourth-order valence-electron chi connectivity index (χ4n) is 1.34. The molecule has 0 aromatic heterocycles. The summed E-state index contributed by atoms with van der Waals surface area (Å²) in [6.45, 7) is -3.00. The number of nitrogens with zero attached hydrogens (tertiary/aromatic N) is 1. The van der Waals surface area contributed by atoms with E-state index < -0.39 is 11.5 Å². The average Bonchev–Trinajstić information content (AvgIpc) is 2.25. The Kier molecular flexibility index (Phi) is 5.09. The molecule has 1 rings (SSSR count). The number of non-ortho nitro benzene ring substituents is 1. The van der Waals surface area contributed by atoms with Crippen molar-refractivity contribution in [2.75, 3.05) is 5.88 Å². The second-order valence-corrected chi connectivity index (χ2v) is 3.64. The Morgan fingerprint density at radius 2 is 2.12 bits per heavy atom. The van der Waals surface area contributed by atoms with Gasteiger partial charge in [0.25, 0.3) is 5.69 Å². The maximum absolute atomic E-state index is 12.0. The van der Waals surface area contributed by atoms with Crippen LogP contribution in [-0.4, -0.2) is 17.4 Å². The van der Waals surface area contributed by atoms with Crippen molar-refractivity contribution in [2.45, 2.75) is 19.5 Å². The van der Waals surface area contributed by atoms with Gasteiger partial charge in [0, 0.05) is 11.9 Å². The summed E-state index contributed by atoms with van der Waals surface area (Å²) in [6, 6.07) is 3.65. The lowest BCUT2D eigenvalue weighted by Crippen LogP contribution is -2.03. The number of rotatable bonds is 6. The topological polar surface area (TPSA) is 52.4 Å². The standard InChI is InChI=1S/C10H10ClF2NO3/c11-3-1-2-7-4-8(14(15)16)6-9(5-7)17-10(12)13/h4-6,10H,1-3H2. The molecular formula is C10H10ClF2NO3. The fraction of sp³-hybridized carbons (Fsp3) is 0.400. The summed E-state index contributed by atoms with van der Waals surface area (Å²) in [5, 5.41) is 10.6. The van der Waals surface area contributed by atoms with Crippen molar-refractivity contribution in [3.8, 4) is 5.75 Å². The Morgan fingerprint density at radius 1 is 1.41 bits per heavy atom. The van der Waals surface area contributed by atoms with Crippen LogP contribution in [0.1, 0.15) is 12.0 Å². The summed E-state index contributed by atoms with van der Waals surface area (Å²) in [7, 11) is 0. The monoisotopic (exact) mass is 265 g/mol. The van der Waals surface area contributed by atoms with Crippen molar-refractivity contribution in [1.29, 1.82) is 0 Å². The molecule has 0 spiro atoms. The van der Waals surface area contributed by atoms with E-state index in [0.717, 1.165) is 6.07 Å². The number of halogens is 3. The van der Waals surface area contributed by atoms with Crippen molar-refractivity contribution < 1.29 is 18.4 Å². The number of nitro benzene ring substituents is 1. The molecule has 94 valence electrons. The van der Waals surface area contributed by atoms with Gasteiger partial charge >= 0.3 is 6.61 Å². The summed E-state index contributed by atoms with van der Waals surface area (Å²) in [4.78, 5) is 9.95. The first-order valence-corrected chi connectivity index (χ1v) is 5.35. The smallest absolute Gasteiger partial charge is 0.387 e. The number of aryl methyl sites for hydroxylation is 1. The molecule has 0 heterocycles. The number of hydrogen-bond acceptors (Lipinski definition) is 3. The Balaban J connectivity index is 2.96. The highest BCUT2D eigenvalue weighted by atomic mass is 35.5. The lowest BCUT2D eigenvalue weighted by atomic mass is 10.1. The van der Waals surface area contributed by atoms with E-state index in [1.54, 1.807) is 0 Å². The minimum absolute atomic E-state index is 0.209. The van der Waals surface area contributed by atoms with Crippen LogP contribution in [0.5, 0.6) is 5.75 Å². The fourth-order valence-corrected chi connectivity index (χ4v) is 1.47. The third-order valence-corrected chi connectivity index (χ3v) is 2.25. The van der Waals surface area contributed by atoms with Gasteiger partial charge in [-0.1, -0.05) is 0 Å². The number of alkyl halides is 3. The highest BCUT2D eigenvalue weighted by Crippen LogP contribution is 2.25. The van der Waals surface area contributed by atoms with Crippen molar-refractivity contribution in [3.05, 3.63) is 33.9 Å². The van der Waals surface area contributed by atoms with Gasteiger partial charge in [0.15, 0.2) is 0 Å². The van der Waals surface area contributed by atoms with E-state index >= 15 is 0 Å². The summed E-state index contributed by atoms with van der Waals surface area (Å²) >= 11 is 5.49. The SMILES string of the molecule is O=[N+]([O-])c1cc(CCCCl)cc(OC(F)F)c1. The molecule has 0 saturated heterocycles. The maximum Gasteiger partial charge on any atom is 0.387 e. The van der Waals surface area contributed by atoms with Crippen LogP contribution < -0.4 is 4.74 Å². The Morgan fingerprint density at radius 3 is 2.65 bits per heavy atom. The third kappa shape index (κ3) is 4.52. The summed E-state index contributed by atoms with van der Waals surface area (Å²) in [5.74, 6) is 0.187. The molecule has 0 unspecified atom stereocenters. The zero-order valence-electron chi connectivity index (χ0n) is 8.74. The first kappa shape index (κ1) is 13.6. The molecule has 0 aliphatic carbocycles. The number of hydrogen-bond donors (Lipinski definition) is 0. The second-order valence-electron chi connectivity index (χ2n) is 3.26. The van der Waals surface area contributed by atoms with Gasteiger partial charge in [0.05, 0.1) is 11.0 Å². The molecule has 0 fully saturated rings. The van der Waals surface area contributed by atoms with E-state index in [0.29, 0.717) is 24.3 Å². The van der Waals surface area contributed by atoms with Gasteiger partial charge in [0.1, 0.15) is 5.75 Å². The summed E-state index contributed by atoms with van der Waals surface area (Å²) < 4.78 is 28.2. The van der Waals surface area contributed by atoms with Gasteiger partial charge < -0.3 is 4.74 Å². The molecule has 0 N–H and O–H groups in total. The lowest BCUT2D eigenvalue weighted by molar-refractivity contribution is -0.385. The first-order valence-electron chi connectivity index (χ1n) is 4.82. The van der Waals surface area contributed by atoms with Gasteiger partial charge in [0.2, 0.25) is 0 Å². The van der Waals surface area contributed by atoms with E-state index in [9.17, 15) is 18.9 Å². The number of ether oxygens (including phenoxy) is 1. The predicted molar refractivity (Wildman–Crippen MR) is 58.8 cm³/mol. The molecule has 7 heteroatoms. The van der Waals surface area contributed by atoms with Crippen LogP contribution in [0.25, 0.3) is 0 Å². The second kappa shape index (κ2) is 6.34. The van der Waals surface area contributed by atoms with Gasteiger partial charge in [-0.2, -0.15) is 8.78 Å². The lowest BCUT2D eigenvalue weighted by Gasteiger charge is -2.06. The normalized spacial score (nSPS) is 10.6. The molecule has 1 aromatic rings. The van der Waals surface area contributed by atoms with E-state index in [4.69, 9.17) is 11.6 Å². The van der Waals surface area contributed by atoms with Crippen LogP contribution in [0.2, 0.25) is 0 Å². The first-order chi connectivity index (χ1) is 8.02. The van der Waals surface area contributed by atoms with Crippen LogP contribution in [0.15, 0.2) is 18.2 Å². The van der Waals surface area contributed by atoms with Crippen molar-refractivity contribution in [2.24, 2.45) is 0 Å². The predicted octanol–water partition coefficient (Wildman–Crippen LogP) is 3.37. The molecule has 17 heavy (non-hydrogen) atoms. The van der Waals surface area contributed by atoms with Crippen LogP contribution in [0.3, 0.4) is 0 Å². The minimum atomic E-state index is -3.00. The number of benzene rings is 1. The highest BCUT2D eigenvalue weighted by molar-refractivity contribution is 6.17. The molecule has 0 saturated carbocycles. The van der Waals surface area contributed by atoms with E-state index in [-0.39, 0.29) is 11.4 Å². The number of nitro groups is 1. The van der Waals surface area contributed by atoms with E-state index in [2.05, 4.69) is 4.74 Å². The Bertz CT molecular complexity index is 401. The molecule has 1 aromatic carbocycles. The largest absolute Gasteiger partial charge is 0.435 e. The van der Waals surface area contributed by atoms with Gasteiger partial charge in [-0.15, -0.1) is 11.6 Å². The zero-order chi connectivity index (χ0) is 12.8. The highest BCUT2D eigenvalue weighted by Gasteiger charge is 2.13. The van der Waals surface area contributed by atoms with Gasteiger partial charge in [-0.3, -0.25) is 10.1 Å². The van der Waals surface area contributed by atoms with E-state index in [1.165, 1.54) is 12.1 Å². The molecular weight excluding hydrogens is 256 g/mol. The van der Waals surface area contributed by atoms with Gasteiger partial charge in [-0.05, 0) is 24.5 Å². The van der Waals surface area contributed by atoms with Crippen LogP contribution in [0.4, 0.5) is 14.5 Å². The van der Waals surface area contributed by atoms with Gasteiger partial charge in [-0.25, -0.2) is 0 Å². The average molecular weight is 266 g/mol. The Hall–Kier alpha value is -1.43. The molecule has 0 aliphatic heterocycles. The van der Waals surface area contributed by atoms with Crippen LogP contribution in [0, 0.1) is 10.1 Å². The summed E-state index contributed by atoms with van der Waals surface area (Å²) in [5.41, 5.74) is 0.281. The molecule has 0 atom stereocenters. The quantitative estimate of drug-likeness (QED) is 0.450. The Labute approximate surface area is 101 Å². The zero-order valence-corrected chi connectivity index (χ0v) is 9.49. The summed E-state index contributed by atoms with van der Waals surface area (Å²) in [6.07, 6.45) is 1.08.